The highest BCUT2D eigenvalue weighted by molar-refractivity contribution is 5.35. The first-order valence-electron chi connectivity index (χ1n) is 6.18. The molecule has 0 amide bonds. The van der Waals surface area contributed by atoms with Crippen LogP contribution in [0.1, 0.15) is 29.6 Å². The van der Waals surface area contributed by atoms with Crippen LogP contribution in [-0.2, 0) is 0 Å². The quantitative estimate of drug-likeness (QED) is 0.756. The first-order chi connectivity index (χ1) is 8.84. The monoisotopic (exact) mass is 240 g/mol. The van der Waals surface area contributed by atoms with E-state index in [1.807, 2.05) is 36.4 Å². The molecule has 0 saturated carbocycles. The van der Waals surface area contributed by atoms with Crippen molar-refractivity contribution in [3.8, 4) is 5.75 Å². The molecule has 18 heavy (non-hydrogen) atoms. The molecule has 1 saturated heterocycles. The zero-order valence-electron chi connectivity index (χ0n) is 10.0. The lowest BCUT2D eigenvalue weighted by Crippen LogP contribution is -2.26. The van der Waals surface area contributed by atoms with Gasteiger partial charge in [0.1, 0.15) is 5.75 Å². The number of phenolic OH excluding ortho intramolecular Hbond substituents is 1. The van der Waals surface area contributed by atoms with Crippen LogP contribution in [0.15, 0.2) is 54.6 Å². The maximum absolute atomic E-state index is 9.86. The van der Waals surface area contributed by atoms with E-state index in [4.69, 9.17) is 0 Å². The first kappa shape index (κ1) is 11.3. The molecule has 3 nitrogen and oxygen atoms in total. The van der Waals surface area contributed by atoms with Gasteiger partial charge < -0.3 is 5.11 Å². The van der Waals surface area contributed by atoms with E-state index in [0.717, 1.165) is 12.0 Å². The molecule has 2 atom stereocenters. The second-order valence-electron chi connectivity index (χ2n) is 4.60. The highest BCUT2D eigenvalue weighted by atomic mass is 16.3. The Balaban J connectivity index is 1.78. The lowest BCUT2D eigenvalue weighted by Gasteiger charge is -2.11. The Hall–Kier alpha value is -1.84. The van der Waals surface area contributed by atoms with Crippen LogP contribution in [0.4, 0.5) is 0 Å². The van der Waals surface area contributed by atoms with Crippen LogP contribution in [0, 0.1) is 0 Å². The van der Waals surface area contributed by atoms with Crippen molar-refractivity contribution < 1.29 is 5.11 Å². The molecule has 3 rings (SSSR count). The number of hydrogen-bond donors (Lipinski definition) is 3. The van der Waals surface area contributed by atoms with Crippen molar-refractivity contribution in [3.05, 3.63) is 65.7 Å². The largest absolute Gasteiger partial charge is 0.508 e. The number of para-hydroxylation sites is 1. The molecule has 3 N–H and O–H groups in total. The van der Waals surface area contributed by atoms with Gasteiger partial charge in [-0.2, -0.15) is 0 Å². The van der Waals surface area contributed by atoms with Crippen molar-refractivity contribution in [2.45, 2.75) is 18.5 Å². The number of hydrogen-bond acceptors (Lipinski definition) is 3. The van der Waals surface area contributed by atoms with Gasteiger partial charge in [-0.15, -0.1) is 0 Å². The van der Waals surface area contributed by atoms with Crippen LogP contribution < -0.4 is 10.9 Å². The lowest BCUT2D eigenvalue weighted by atomic mass is 9.97. The van der Waals surface area contributed by atoms with Gasteiger partial charge in [0.25, 0.3) is 0 Å². The van der Waals surface area contributed by atoms with Crippen LogP contribution in [-0.4, -0.2) is 5.11 Å². The second-order valence-corrected chi connectivity index (χ2v) is 4.60. The Labute approximate surface area is 106 Å². The van der Waals surface area contributed by atoms with Crippen LogP contribution in [0.25, 0.3) is 0 Å². The van der Waals surface area contributed by atoms with Gasteiger partial charge >= 0.3 is 0 Å². The zero-order valence-corrected chi connectivity index (χ0v) is 10.0. The molecule has 1 aliphatic heterocycles. The summed E-state index contributed by atoms with van der Waals surface area (Å²) in [7, 11) is 0. The summed E-state index contributed by atoms with van der Waals surface area (Å²) in [6.45, 7) is 0. The normalized spacial score (nSPS) is 23.1. The first-order valence-corrected chi connectivity index (χ1v) is 6.18. The minimum absolute atomic E-state index is 0.149. The van der Waals surface area contributed by atoms with E-state index < -0.39 is 0 Å². The molecule has 0 aliphatic carbocycles. The average Bonchev–Trinajstić information content (AvgIpc) is 2.90. The molecule has 0 spiro atoms. The van der Waals surface area contributed by atoms with E-state index in [2.05, 4.69) is 23.0 Å². The topological polar surface area (TPSA) is 44.3 Å². The van der Waals surface area contributed by atoms with Crippen molar-refractivity contribution in [1.82, 2.24) is 10.9 Å². The van der Waals surface area contributed by atoms with Crippen molar-refractivity contribution in [3.63, 3.8) is 0 Å². The SMILES string of the molecule is Oc1ccccc1[C@@H]1C[C@H](c2ccccc2)NN1. The van der Waals surface area contributed by atoms with Crippen LogP contribution >= 0.6 is 0 Å². The lowest BCUT2D eigenvalue weighted by molar-refractivity contribution is 0.453. The Morgan fingerprint density at radius 3 is 2.28 bits per heavy atom. The average molecular weight is 240 g/mol. The Kier molecular flexibility index (Phi) is 3.00. The molecule has 1 heterocycles. The van der Waals surface area contributed by atoms with Gasteiger partial charge in [-0.3, -0.25) is 0 Å². The summed E-state index contributed by atoms with van der Waals surface area (Å²) in [6, 6.07) is 18.3. The standard InChI is InChI=1S/C15H16N2O/c18-15-9-5-4-8-12(15)14-10-13(16-17-14)11-6-2-1-3-7-11/h1-9,13-14,16-18H,10H2/t13-,14+/m1/s1. The predicted octanol–water partition coefficient (Wildman–Crippen LogP) is 2.67. The van der Waals surface area contributed by atoms with Gasteiger partial charge in [0.15, 0.2) is 0 Å². The predicted molar refractivity (Wildman–Crippen MR) is 70.9 cm³/mol. The Morgan fingerprint density at radius 1 is 0.833 bits per heavy atom. The van der Waals surface area contributed by atoms with E-state index >= 15 is 0 Å². The summed E-state index contributed by atoms with van der Waals surface area (Å²) in [4.78, 5) is 0. The summed E-state index contributed by atoms with van der Waals surface area (Å²) in [5, 5.41) is 9.86. The Morgan fingerprint density at radius 2 is 1.50 bits per heavy atom. The van der Waals surface area contributed by atoms with Crippen LogP contribution in [0.5, 0.6) is 5.75 Å². The number of hydrazine groups is 1. The third kappa shape index (κ3) is 2.10. The molecule has 1 fully saturated rings. The number of aromatic hydroxyl groups is 1. The van der Waals surface area contributed by atoms with Gasteiger partial charge in [0.05, 0.1) is 6.04 Å². The molecule has 0 radical (unpaired) electrons. The van der Waals surface area contributed by atoms with E-state index in [-0.39, 0.29) is 12.1 Å². The van der Waals surface area contributed by atoms with Gasteiger partial charge in [0.2, 0.25) is 0 Å². The number of benzene rings is 2. The molecule has 2 aromatic carbocycles. The van der Waals surface area contributed by atoms with Gasteiger partial charge in [-0.1, -0.05) is 48.5 Å². The molecular formula is C15H16N2O. The molecule has 0 bridgehead atoms. The molecule has 0 aromatic heterocycles. The van der Waals surface area contributed by atoms with Gasteiger partial charge in [-0.05, 0) is 18.1 Å². The van der Waals surface area contributed by atoms with Crippen molar-refractivity contribution in [2.24, 2.45) is 0 Å². The van der Waals surface area contributed by atoms with E-state index in [1.54, 1.807) is 6.07 Å². The summed E-state index contributed by atoms with van der Waals surface area (Å²) >= 11 is 0. The van der Waals surface area contributed by atoms with E-state index in [1.165, 1.54) is 5.56 Å². The third-order valence-electron chi connectivity index (χ3n) is 3.42. The fourth-order valence-electron chi connectivity index (χ4n) is 2.45. The Bertz CT molecular complexity index is 527. The maximum atomic E-state index is 9.86. The molecule has 3 heteroatoms. The minimum atomic E-state index is 0.149. The summed E-state index contributed by atoms with van der Waals surface area (Å²) in [6.07, 6.45) is 0.932. The third-order valence-corrected chi connectivity index (χ3v) is 3.42. The summed E-state index contributed by atoms with van der Waals surface area (Å²) < 4.78 is 0. The van der Waals surface area contributed by atoms with E-state index in [0.29, 0.717) is 5.75 Å². The molecule has 2 aromatic rings. The van der Waals surface area contributed by atoms with Crippen molar-refractivity contribution in [1.29, 1.82) is 0 Å². The van der Waals surface area contributed by atoms with Crippen LogP contribution in [0.2, 0.25) is 0 Å². The maximum Gasteiger partial charge on any atom is 0.120 e. The smallest absolute Gasteiger partial charge is 0.120 e. The molecule has 1 aliphatic rings. The van der Waals surface area contributed by atoms with Crippen molar-refractivity contribution >= 4 is 0 Å². The van der Waals surface area contributed by atoms with Gasteiger partial charge in [0, 0.05) is 11.6 Å². The minimum Gasteiger partial charge on any atom is -0.508 e. The fourth-order valence-corrected chi connectivity index (χ4v) is 2.45. The highest BCUT2D eigenvalue weighted by Crippen LogP contribution is 2.34. The molecular weight excluding hydrogens is 224 g/mol. The summed E-state index contributed by atoms with van der Waals surface area (Å²) in [5.74, 6) is 0.352. The molecule has 0 unspecified atom stereocenters. The second kappa shape index (κ2) is 4.80. The van der Waals surface area contributed by atoms with Crippen LogP contribution in [0.3, 0.4) is 0 Å². The number of rotatable bonds is 2. The number of nitrogens with one attached hydrogen (secondary N) is 2. The highest BCUT2D eigenvalue weighted by Gasteiger charge is 2.27. The van der Waals surface area contributed by atoms with E-state index in [9.17, 15) is 5.11 Å². The van der Waals surface area contributed by atoms with Crippen molar-refractivity contribution in [2.75, 3.05) is 0 Å². The fraction of sp³-hybridized carbons (Fsp3) is 0.200. The van der Waals surface area contributed by atoms with Gasteiger partial charge in [-0.25, -0.2) is 10.9 Å². The number of phenols is 1. The summed E-state index contributed by atoms with van der Waals surface area (Å²) in [5.41, 5.74) is 8.75. The zero-order chi connectivity index (χ0) is 12.4. The molecule has 92 valence electrons.